The minimum atomic E-state index is -0.365. The Morgan fingerprint density at radius 3 is 2.90 bits per heavy atom. The highest BCUT2D eigenvalue weighted by atomic mass is 35.5. The maximum Gasteiger partial charge on any atom is 0.146 e. The Morgan fingerprint density at radius 1 is 1.20 bits per heavy atom. The fraction of sp³-hybridized carbons (Fsp3) is 0.200. The van der Waals surface area contributed by atoms with Gasteiger partial charge in [0.2, 0.25) is 0 Å². The van der Waals surface area contributed by atoms with E-state index in [1.165, 1.54) is 30.3 Å². The molecule has 0 saturated carbocycles. The number of halogens is 3. The van der Waals surface area contributed by atoms with Crippen LogP contribution in [0.25, 0.3) is 0 Å². The summed E-state index contributed by atoms with van der Waals surface area (Å²) in [5.41, 5.74) is 1.17. The van der Waals surface area contributed by atoms with E-state index in [9.17, 15) is 8.78 Å². The van der Waals surface area contributed by atoms with E-state index in [-0.39, 0.29) is 17.7 Å². The van der Waals surface area contributed by atoms with Crippen molar-refractivity contribution in [3.8, 4) is 5.75 Å². The Labute approximate surface area is 120 Å². The molecule has 1 heterocycles. The summed E-state index contributed by atoms with van der Waals surface area (Å²) in [6, 6.07) is 8.78. The summed E-state index contributed by atoms with van der Waals surface area (Å²) in [6.45, 7) is 0.424. The first-order valence-electron chi connectivity index (χ1n) is 6.26. The molecule has 2 aromatic carbocycles. The smallest absolute Gasteiger partial charge is 0.146 e. The monoisotopic (exact) mass is 295 g/mol. The van der Waals surface area contributed by atoms with Gasteiger partial charge >= 0.3 is 0 Å². The number of hydrogen-bond acceptors (Lipinski definition) is 2. The number of anilines is 1. The quantitative estimate of drug-likeness (QED) is 0.923. The zero-order valence-electron chi connectivity index (χ0n) is 10.5. The minimum absolute atomic E-state index is 0.148. The lowest BCUT2D eigenvalue weighted by Crippen LogP contribution is -2.24. The van der Waals surface area contributed by atoms with Gasteiger partial charge in [-0.05, 0) is 36.4 Å². The van der Waals surface area contributed by atoms with Crippen LogP contribution in [0, 0.1) is 11.6 Å². The van der Waals surface area contributed by atoms with Gasteiger partial charge in [0.1, 0.15) is 23.5 Å². The summed E-state index contributed by atoms with van der Waals surface area (Å²) in [5.74, 6) is 0.0440. The molecule has 1 atom stereocenters. The van der Waals surface area contributed by atoms with Crippen molar-refractivity contribution >= 4 is 17.3 Å². The molecule has 20 heavy (non-hydrogen) atoms. The van der Waals surface area contributed by atoms with Crippen molar-refractivity contribution in [1.29, 1.82) is 0 Å². The zero-order valence-corrected chi connectivity index (χ0v) is 11.3. The number of rotatable bonds is 3. The molecule has 0 amide bonds. The van der Waals surface area contributed by atoms with Crippen molar-refractivity contribution in [2.75, 3.05) is 11.9 Å². The van der Waals surface area contributed by atoms with Gasteiger partial charge in [0, 0.05) is 17.0 Å². The van der Waals surface area contributed by atoms with Crippen LogP contribution in [0.4, 0.5) is 14.5 Å². The SMILES string of the molecule is Fc1ccc2c(c1)CC(CNc1cc(Cl)ccc1F)O2. The summed E-state index contributed by atoms with van der Waals surface area (Å²) >= 11 is 5.82. The molecule has 0 aromatic heterocycles. The molecule has 1 aliphatic heterocycles. The molecule has 0 bridgehead atoms. The first kappa shape index (κ1) is 13.2. The Hall–Kier alpha value is -1.81. The van der Waals surface area contributed by atoms with Crippen LogP contribution in [0.1, 0.15) is 5.56 Å². The van der Waals surface area contributed by atoms with Crippen LogP contribution in [0.2, 0.25) is 5.02 Å². The van der Waals surface area contributed by atoms with Crippen LogP contribution in [-0.2, 0) is 6.42 Å². The van der Waals surface area contributed by atoms with Crippen LogP contribution >= 0.6 is 11.6 Å². The van der Waals surface area contributed by atoms with Gasteiger partial charge in [0.25, 0.3) is 0 Å². The lowest BCUT2D eigenvalue weighted by molar-refractivity contribution is 0.246. The minimum Gasteiger partial charge on any atom is -0.488 e. The normalized spacial score (nSPS) is 16.6. The molecule has 0 saturated heterocycles. The van der Waals surface area contributed by atoms with E-state index in [2.05, 4.69) is 5.32 Å². The average molecular weight is 296 g/mol. The van der Waals surface area contributed by atoms with Gasteiger partial charge < -0.3 is 10.1 Å². The Kier molecular flexibility index (Phi) is 3.49. The molecule has 5 heteroatoms. The molecule has 0 fully saturated rings. The van der Waals surface area contributed by atoms with Gasteiger partial charge in [0.05, 0.1) is 12.2 Å². The number of ether oxygens (including phenoxy) is 1. The molecule has 104 valence electrons. The van der Waals surface area contributed by atoms with Gasteiger partial charge in [-0.25, -0.2) is 8.78 Å². The zero-order chi connectivity index (χ0) is 14.1. The van der Waals surface area contributed by atoms with E-state index >= 15 is 0 Å². The molecule has 0 aliphatic carbocycles. The van der Waals surface area contributed by atoms with Crippen molar-refractivity contribution in [2.45, 2.75) is 12.5 Å². The molecule has 0 radical (unpaired) electrons. The van der Waals surface area contributed by atoms with Gasteiger partial charge in [0.15, 0.2) is 0 Å². The standard InChI is InChI=1S/C15H12ClF2NO/c16-10-1-3-13(18)14(7-10)19-8-12-6-9-5-11(17)2-4-15(9)20-12/h1-5,7,12,19H,6,8H2. The lowest BCUT2D eigenvalue weighted by atomic mass is 10.1. The lowest BCUT2D eigenvalue weighted by Gasteiger charge is -2.13. The number of hydrogen-bond donors (Lipinski definition) is 1. The van der Waals surface area contributed by atoms with Crippen LogP contribution in [0.3, 0.4) is 0 Å². The summed E-state index contributed by atoms with van der Waals surface area (Å²) in [4.78, 5) is 0. The van der Waals surface area contributed by atoms with Crippen molar-refractivity contribution in [1.82, 2.24) is 0 Å². The molecule has 0 spiro atoms. The predicted octanol–water partition coefficient (Wildman–Crippen LogP) is 4.03. The van der Waals surface area contributed by atoms with Crippen LogP contribution in [-0.4, -0.2) is 12.6 Å². The van der Waals surface area contributed by atoms with Gasteiger partial charge in [-0.15, -0.1) is 0 Å². The van der Waals surface area contributed by atoms with Crippen molar-refractivity contribution < 1.29 is 13.5 Å². The van der Waals surface area contributed by atoms with E-state index in [1.807, 2.05) is 0 Å². The predicted molar refractivity (Wildman–Crippen MR) is 74.4 cm³/mol. The van der Waals surface area contributed by atoms with E-state index in [0.29, 0.717) is 29.4 Å². The van der Waals surface area contributed by atoms with Crippen LogP contribution < -0.4 is 10.1 Å². The van der Waals surface area contributed by atoms with E-state index in [4.69, 9.17) is 16.3 Å². The van der Waals surface area contributed by atoms with E-state index < -0.39 is 0 Å². The summed E-state index contributed by atoms with van der Waals surface area (Å²) in [5, 5.41) is 3.43. The topological polar surface area (TPSA) is 21.3 Å². The highest BCUT2D eigenvalue weighted by Crippen LogP contribution is 2.29. The van der Waals surface area contributed by atoms with Crippen LogP contribution in [0.5, 0.6) is 5.75 Å². The van der Waals surface area contributed by atoms with Gasteiger partial charge in [-0.2, -0.15) is 0 Å². The third kappa shape index (κ3) is 2.70. The average Bonchev–Trinajstić information content (AvgIpc) is 2.81. The number of fused-ring (bicyclic) bond motifs is 1. The van der Waals surface area contributed by atoms with Crippen LogP contribution in [0.15, 0.2) is 36.4 Å². The Balaban J connectivity index is 1.65. The molecule has 2 aromatic rings. The highest BCUT2D eigenvalue weighted by molar-refractivity contribution is 6.30. The largest absolute Gasteiger partial charge is 0.488 e. The van der Waals surface area contributed by atoms with Gasteiger partial charge in [-0.3, -0.25) is 0 Å². The van der Waals surface area contributed by atoms with Crippen molar-refractivity contribution in [2.24, 2.45) is 0 Å². The molecule has 1 N–H and O–H groups in total. The fourth-order valence-corrected chi connectivity index (χ4v) is 2.43. The van der Waals surface area contributed by atoms with Crippen molar-refractivity contribution in [3.05, 3.63) is 58.6 Å². The second-order valence-electron chi connectivity index (χ2n) is 4.70. The molecular formula is C15H12ClF2NO. The Bertz CT molecular complexity index is 648. The molecule has 1 unspecified atom stereocenters. The maximum absolute atomic E-state index is 13.5. The fourth-order valence-electron chi connectivity index (χ4n) is 2.26. The number of nitrogens with one attached hydrogen (secondary N) is 1. The highest BCUT2D eigenvalue weighted by Gasteiger charge is 2.23. The van der Waals surface area contributed by atoms with E-state index in [0.717, 1.165) is 5.56 Å². The summed E-state index contributed by atoms with van der Waals surface area (Å²) in [6.07, 6.45) is 0.452. The second-order valence-corrected chi connectivity index (χ2v) is 5.14. The molecule has 1 aliphatic rings. The first-order valence-corrected chi connectivity index (χ1v) is 6.63. The van der Waals surface area contributed by atoms with Crippen molar-refractivity contribution in [3.63, 3.8) is 0 Å². The third-order valence-corrected chi connectivity index (χ3v) is 3.45. The summed E-state index contributed by atoms with van der Waals surface area (Å²) in [7, 11) is 0. The third-order valence-electron chi connectivity index (χ3n) is 3.21. The first-order chi connectivity index (χ1) is 9.61. The van der Waals surface area contributed by atoms with Gasteiger partial charge in [-0.1, -0.05) is 11.6 Å². The summed E-state index contributed by atoms with van der Waals surface area (Å²) < 4.78 is 32.3. The maximum atomic E-state index is 13.5. The molecular weight excluding hydrogens is 284 g/mol. The number of benzene rings is 2. The Morgan fingerprint density at radius 2 is 2.05 bits per heavy atom. The molecule has 2 nitrogen and oxygen atoms in total. The van der Waals surface area contributed by atoms with E-state index in [1.54, 1.807) is 6.07 Å². The molecule has 3 rings (SSSR count). The second kappa shape index (κ2) is 5.29.